The first kappa shape index (κ1) is 16.2. The number of aryl methyl sites for hydroxylation is 1. The van der Waals surface area contributed by atoms with Crippen molar-refractivity contribution >= 4 is 29.4 Å². The van der Waals surface area contributed by atoms with Crippen molar-refractivity contribution in [2.45, 2.75) is 6.92 Å². The summed E-state index contributed by atoms with van der Waals surface area (Å²) in [6, 6.07) is 6.57. The van der Waals surface area contributed by atoms with E-state index in [0.717, 1.165) is 5.56 Å². The van der Waals surface area contributed by atoms with E-state index in [0.29, 0.717) is 10.6 Å². The Kier molecular flexibility index (Phi) is 5.41. The van der Waals surface area contributed by atoms with Gasteiger partial charge in [0.25, 0.3) is 0 Å². The number of aliphatic carboxylic acids is 2. The molecule has 1 aromatic rings. The fourth-order valence-electron chi connectivity index (χ4n) is 1.49. The number of carbonyl (C=O) groups excluding carboxylic acids is 2. The number of nitrogens with one attached hydrogen (secondary N) is 1. The Hall–Kier alpha value is -2.90. The molecule has 112 valence electrons. The zero-order valence-electron chi connectivity index (χ0n) is 11.2. The minimum Gasteiger partial charge on any atom is -0.480 e. The molecule has 0 aliphatic carbocycles. The Morgan fingerprint density at radius 3 is 1.90 bits per heavy atom. The molecule has 0 bridgehead atoms. The molecule has 0 heterocycles. The first-order valence-electron chi connectivity index (χ1n) is 5.90. The smallest absolute Gasteiger partial charge is 0.323 e. The van der Waals surface area contributed by atoms with E-state index in [9.17, 15) is 19.2 Å². The molecule has 0 spiro atoms. The van der Waals surface area contributed by atoms with Gasteiger partial charge in [0.15, 0.2) is 0 Å². The third-order valence-corrected chi connectivity index (χ3v) is 2.44. The molecule has 2 amide bonds. The van der Waals surface area contributed by atoms with E-state index in [4.69, 9.17) is 10.2 Å². The summed E-state index contributed by atoms with van der Waals surface area (Å²) in [5, 5.41) is 19.5. The number of hydrogen-bond donors (Lipinski definition) is 3. The van der Waals surface area contributed by atoms with E-state index in [1.54, 1.807) is 24.3 Å². The minimum atomic E-state index is -1.41. The van der Waals surface area contributed by atoms with Gasteiger partial charge in [-0.3, -0.25) is 19.2 Å². The molecule has 0 saturated heterocycles. The van der Waals surface area contributed by atoms with E-state index < -0.39 is 36.8 Å². The maximum atomic E-state index is 11.8. The highest BCUT2D eigenvalue weighted by atomic mass is 16.4. The van der Waals surface area contributed by atoms with Crippen LogP contribution in [0.1, 0.15) is 5.56 Å². The zero-order chi connectivity index (χ0) is 16.0. The van der Waals surface area contributed by atoms with Crippen molar-refractivity contribution in [1.82, 2.24) is 4.90 Å². The van der Waals surface area contributed by atoms with Crippen LogP contribution < -0.4 is 5.32 Å². The van der Waals surface area contributed by atoms with Crippen LogP contribution in [-0.2, 0) is 19.2 Å². The topological polar surface area (TPSA) is 124 Å². The maximum absolute atomic E-state index is 11.8. The van der Waals surface area contributed by atoms with Gasteiger partial charge < -0.3 is 20.4 Å². The van der Waals surface area contributed by atoms with Crippen LogP contribution in [0.3, 0.4) is 0 Å². The number of carbonyl (C=O) groups is 4. The Morgan fingerprint density at radius 2 is 1.48 bits per heavy atom. The Labute approximate surface area is 120 Å². The predicted octanol–water partition coefficient (Wildman–Crippen LogP) is -0.0687. The summed E-state index contributed by atoms with van der Waals surface area (Å²) in [7, 11) is 0. The molecule has 0 unspecified atom stereocenters. The summed E-state index contributed by atoms with van der Waals surface area (Å²) in [4.78, 5) is 45.1. The van der Waals surface area contributed by atoms with Crippen molar-refractivity contribution in [3.63, 3.8) is 0 Å². The molecule has 0 atom stereocenters. The van der Waals surface area contributed by atoms with Gasteiger partial charge in [0.1, 0.15) is 13.1 Å². The van der Waals surface area contributed by atoms with Gasteiger partial charge in [-0.1, -0.05) is 17.7 Å². The number of anilines is 1. The number of rotatable bonds is 5. The monoisotopic (exact) mass is 294 g/mol. The van der Waals surface area contributed by atoms with Gasteiger partial charge in [-0.15, -0.1) is 0 Å². The standard InChI is InChI=1S/C13H14N2O6/c1-8-2-4-9(5-3-8)14-12(20)13(21)15(6-10(16)17)7-11(18)19/h2-5H,6-7H2,1H3,(H,14,20)(H,16,17)(H,18,19). The van der Waals surface area contributed by atoms with Crippen LogP contribution in [0.4, 0.5) is 5.69 Å². The number of carboxylic acids is 2. The van der Waals surface area contributed by atoms with E-state index in [1.807, 2.05) is 6.92 Å². The molecule has 1 rings (SSSR count). The lowest BCUT2D eigenvalue weighted by molar-refractivity contribution is -0.152. The SMILES string of the molecule is Cc1ccc(NC(=O)C(=O)N(CC(=O)O)CC(=O)O)cc1. The van der Waals surface area contributed by atoms with E-state index in [1.165, 1.54) is 0 Å². The fraction of sp³-hybridized carbons (Fsp3) is 0.231. The van der Waals surface area contributed by atoms with Crippen molar-refractivity contribution in [3.05, 3.63) is 29.8 Å². The van der Waals surface area contributed by atoms with Gasteiger partial charge in [-0.2, -0.15) is 0 Å². The molecular weight excluding hydrogens is 280 g/mol. The Balaban J connectivity index is 2.77. The lowest BCUT2D eigenvalue weighted by Gasteiger charge is -2.17. The van der Waals surface area contributed by atoms with Gasteiger partial charge in [0.05, 0.1) is 0 Å². The summed E-state index contributed by atoms with van der Waals surface area (Å²) in [5.41, 5.74) is 1.31. The van der Waals surface area contributed by atoms with Crippen molar-refractivity contribution < 1.29 is 29.4 Å². The van der Waals surface area contributed by atoms with Crippen LogP contribution in [0.5, 0.6) is 0 Å². The van der Waals surface area contributed by atoms with Gasteiger partial charge >= 0.3 is 23.8 Å². The normalized spacial score (nSPS) is 9.76. The van der Waals surface area contributed by atoms with E-state index in [-0.39, 0.29) is 0 Å². The highest BCUT2D eigenvalue weighted by Crippen LogP contribution is 2.08. The van der Waals surface area contributed by atoms with E-state index in [2.05, 4.69) is 5.32 Å². The fourth-order valence-corrected chi connectivity index (χ4v) is 1.49. The van der Waals surface area contributed by atoms with Crippen LogP contribution in [-0.4, -0.2) is 52.0 Å². The molecule has 0 aliphatic rings. The number of carboxylic acid groups (broad SMARTS) is 2. The largest absolute Gasteiger partial charge is 0.480 e. The molecule has 1 aromatic carbocycles. The third kappa shape index (κ3) is 5.31. The highest BCUT2D eigenvalue weighted by molar-refractivity contribution is 6.40. The first-order valence-corrected chi connectivity index (χ1v) is 5.90. The quantitative estimate of drug-likeness (QED) is 0.653. The number of amides is 2. The second kappa shape index (κ2) is 7.04. The number of benzene rings is 1. The number of nitrogens with zero attached hydrogens (tertiary/aromatic N) is 1. The Bertz CT molecular complexity index is 551. The summed E-state index contributed by atoms with van der Waals surface area (Å²) in [5.74, 6) is -5.14. The molecule has 0 radical (unpaired) electrons. The average Bonchev–Trinajstić information content (AvgIpc) is 2.38. The maximum Gasteiger partial charge on any atom is 0.323 e. The van der Waals surface area contributed by atoms with Crippen LogP contribution in [0.25, 0.3) is 0 Å². The molecule has 3 N–H and O–H groups in total. The molecule has 21 heavy (non-hydrogen) atoms. The highest BCUT2D eigenvalue weighted by Gasteiger charge is 2.25. The number of hydrogen-bond acceptors (Lipinski definition) is 4. The molecule has 0 saturated carbocycles. The van der Waals surface area contributed by atoms with Gasteiger partial charge in [0.2, 0.25) is 0 Å². The van der Waals surface area contributed by atoms with Crippen LogP contribution in [0.15, 0.2) is 24.3 Å². The molecule has 0 aromatic heterocycles. The summed E-state index contributed by atoms with van der Waals surface area (Å²) in [6.07, 6.45) is 0. The summed E-state index contributed by atoms with van der Waals surface area (Å²) in [6.45, 7) is 0.108. The summed E-state index contributed by atoms with van der Waals surface area (Å²) < 4.78 is 0. The first-order chi connectivity index (χ1) is 9.79. The molecule has 0 fully saturated rings. The van der Waals surface area contributed by atoms with Crippen molar-refractivity contribution in [2.75, 3.05) is 18.4 Å². The zero-order valence-corrected chi connectivity index (χ0v) is 11.2. The van der Waals surface area contributed by atoms with Crippen molar-refractivity contribution in [1.29, 1.82) is 0 Å². The van der Waals surface area contributed by atoms with Crippen molar-refractivity contribution in [3.8, 4) is 0 Å². The van der Waals surface area contributed by atoms with Crippen LogP contribution in [0.2, 0.25) is 0 Å². The van der Waals surface area contributed by atoms with Crippen LogP contribution in [0, 0.1) is 6.92 Å². The average molecular weight is 294 g/mol. The Morgan fingerprint density at radius 1 is 1.00 bits per heavy atom. The lowest BCUT2D eigenvalue weighted by Crippen LogP contribution is -2.45. The third-order valence-electron chi connectivity index (χ3n) is 2.44. The second-order valence-corrected chi connectivity index (χ2v) is 4.27. The molecule has 8 nitrogen and oxygen atoms in total. The second-order valence-electron chi connectivity index (χ2n) is 4.27. The van der Waals surface area contributed by atoms with Gasteiger partial charge in [0, 0.05) is 5.69 Å². The lowest BCUT2D eigenvalue weighted by atomic mass is 10.2. The van der Waals surface area contributed by atoms with Crippen LogP contribution >= 0.6 is 0 Å². The molecule has 8 heteroatoms. The van der Waals surface area contributed by atoms with Gasteiger partial charge in [-0.05, 0) is 19.1 Å². The molecular formula is C13H14N2O6. The molecule has 0 aliphatic heterocycles. The van der Waals surface area contributed by atoms with E-state index >= 15 is 0 Å². The minimum absolute atomic E-state index is 0.351. The summed E-state index contributed by atoms with van der Waals surface area (Å²) >= 11 is 0. The van der Waals surface area contributed by atoms with Crippen molar-refractivity contribution in [2.24, 2.45) is 0 Å². The van der Waals surface area contributed by atoms with Gasteiger partial charge in [-0.25, -0.2) is 0 Å². The predicted molar refractivity (Wildman–Crippen MR) is 71.7 cm³/mol.